The van der Waals surface area contributed by atoms with Crippen LogP contribution in [-0.2, 0) is 11.2 Å². The number of fused-ring (bicyclic) bond motifs is 1. The van der Waals surface area contributed by atoms with Crippen molar-refractivity contribution >= 4 is 32.9 Å². The number of furan rings is 1. The molecule has 1 unspecified atom stereocenters. The number of phenolic OH excluding ortho intramolecular Hbond substituents is 1. The molecule has 1 N–H and O–H groups in total. The van der Waals surface area contributed by atoms with E-state index in [2.05, 4.69) is 15.9 Å². The van der Waals surface area contributed by atoms with Crippen LogP contribution in [0.5, 0.6) is 5.75 Å². The standard InChI is InChI=1S/C15H17BrO4/c1-4-11-13(8(3)16)14-10(17)6-9(7-12(14)20-11)15(18)19-5-2/h6-8,17H,4-5H2,1-3H3. The molecule has 5 heteroatoms. The minimum absolute atomic E-state index is 0.0373. The first-order valence-corrected chi connectivity index (χ1v) is 7.50. The molecule has 0 spiro atoms. The lowest BCUT2D eigenvalue weighted by Crippen LogP contribution is -2.04. The number of halogens is 1. The Bertz CT molecular complexity index is 643. The van der Waals surface area contributed by atoms with E-state index >= 15 is 0 Å². The average Bonchev–Trinajstić information content (AvgIpc) is 2.78. The van der Waals surface area contributed by atoms with Gasteiger partial charge in [-0.3, -0.25) is 0 Å². The SMILES string of the molecule is CCOC(=O)c1cc(O)c2c(C(C)Br)c(CC)oc2c1. The van der Waals surface area contributed by atoms with Crippen LogP contribution in [-0.4, -0.2) is 17.7 Å². The van der Waals surface area contributed by atoms with Crippen molar-refractivity contribution in [2.75, 3.05) is 6.61 Å². The zero-order chi connectivity index (χ0) is 14.9. The fourth-order valence-electron chi connectivity index (χ4n) is 2.29. The van der Waals surface area contributed by atoms with Crippen molar-refractivity contribution in [2.45, 2.75) is 32.0 Å². The third-order valence-electron chi connectivity index (χ3n) is 3.11. The van der Waals surface area contributed by atoms with E-state index in [1.165, 1.54) is 6.07 Å². The summed E-state index contributed by atoms with van der Waals surface area (Å²) in [5.74, 6) is 0.378. The van der Waals surface area contributed by atoms with Crippen molar-refractivity contribution in [1.82, 2.24) is 0 Å². The molecule has 0 radical (unpaired) electrons. The summed E-state index contributed by atoms with van der Waals surface area (Å²) < 4.78 is 10.7. The molecule has 20 heavy (non-hydrogen) atoms. The minimum Gasteiger partial charge on any atom is -0.507 e. The molecule has 0 aliphatic rings. The molecule has 0 amide bonds. The molecule has 2 aromatic rings. The molecule has 1 heterocycles. The van der Waals surface area contributed by atoms with Gasteiger partial charge in [0.05, 0.1) is 17.6 Å². The van der Waals surface area contributed by atoms with E-state index in [9.17, 15) is 9.90 Å². The molecule has 108 valence electrons. The normalized spacial score (nSPS) is 12.6. The fourth-order valence-corrected chi connectivity index (χ4v) is 2.78. The van der Waals surface area contributed by atoms with E-state index in [0.29, 0.717) is 29.6 Å². The first kappa shape index (κ1) is 14.9. The highest BCUT2D eigenvalue weighted by Crippen LogP contribution is 2.40. The minimum atomic E-state index is -0.465. The first-order valence-electron chi connectivity index (χ1n) is 6.59. The number of ether oxygens (including phenoxy) is 1. The Morgan fingerprint density at radius 2 is 2.15 bits per heavy atom. The number of esters is 1. The Balaban J connectivity index is 2.65. The van der Waals surface area contributed by atoms with Crippen LogP contribution in [0.25, 0.3) is 11.0 Å². The lowest BCUT2D eigenvalue weighted by atomic mass is 10.0. The van der Waals surface area contributed by atoms with Gasteiger partial charge < -0.3 is 14.3 Å². The third kappa shape index (κ3) is 2.54. The lowest BCUT2D eigenvalue weighted by Gasteiger charge is -2.06. The molecular formula is C15H17BrO4. The van der Waals surface area contributed by atoms with Crippen LogP contribution in [0.4, 0.5) is 0 Å². The Morgan fingerprint density at radius 3 is 2.70 bits per heavy atom. The summed E-state index contributed by atoms with van der Waals surface area (Å²) in [7, 11) is 0. The maximum Gasteiger partial charge on any atom is 0.338 e. The van der Waals surface area contributed by atoms with Crippen LogP contribution in [0, 0.1) is 0 Å². The highest BCUT2D eigenvalue weighted by molar-refractivity contribution is 9.09. The van der Waals surface area contributed by atoms with Crippen LogP contribution >= 0.6 is 15.9 Å². The number of carbonyl (C=O) groups is 1. The number of aromatic hydroxyl groups is 1. The maximum atomic E-state index is 11.8. The molecule has 0 aliphatic heterocycles. The topological polar surface area (TPSA) is 59.7 Å². The molecule has 0 fully saturated rings. The number of carbonyl (C=O) groups excluding carboxylic acids is 1. The van der Waals surface area contributed by atoms with E-state index in [0.717, 1.165) is 11.3 Å². The van der Waals surface area contributed by atoms with E-state index in [4.69, 9.17) is 9.15 Å². The summed E-state index contributed by atoms with van der Waals surface area (Å²) in [5.41, 5.74) is 1.73. The number of hydrogen-bond donors (Lipinski definition) is 1. The second-order valence-corrected chi connectivity index (χ2v) is 5.87. The van der Waals surface area contributed by atoms with E-state index < -0.39 is 5.97 Å². The Hall–Kier alpha value is -1.49. The quantitative estimate of drug-likeness (QED) is 0.664. The van der Waals surface area contributed by atoms with Gasteiger partial charge in [-0.1, -0.05) is 22.9 Å². The Morgan fingerprint density at radius 1 is 1.45 bits per heavy atom. The second kappa shape index (κ2) is 5.87. The van der Waals surface area contributed by atoms with Crippen molar-refractivity contribution < 1.29 is 19.1 Å². The van der Waals surface area contributed by atoms with Crippen molar-refractivity contribution in [3.63, 3.8) is 0 Å². The monoisotopic (exact) mass is 340 g/mol. The van der Waals surface area contributed by atoms with Crippen LogP contribution in [0.3, 0.4) is 0 Å². The number of benzene rings is 1. The molecule has 0 aliphatic carbocycles. The summed E-state index contributed by atoms with van der Waals surface area (Å²) in [6.07, 6.45) is 0.716. The van der Waals surface area contributed by atoms with Gasteiger partial charge in [0.2, 0.25) is 0 Å². The summed E-state index contributed by atoms with van der Waals surface area (Å²) in [6, 6.07) is 3.04. The number of rotatable bonds is 4. The van der Waals surface area contributed by atoms with E-state index in [1.54, 1.807) is 13.0 Å². The summed E-state index contributed by atoms with van der Waals surface area (Å²) in [5, 5.41) is 10.9. The Labute approximate surface area is 125 Å². The van der Waals surface area contributed by atoms with Gasteiger partial charge in [-0.15, -0.1) is 0 Å². The van der Waals surface area contributed by atoms with Gasteiger partial charge in [0.15, 0.2) is 0 Å². The molecule has 1 aromatic heterocycles. The molecule has 0 saturated carbocycles. The van der Waals surface area contributed by atoms with Crippen molar-refractivity contribution in [2.24, 2.45) is 0 Å². The van der Waals surface area contributed by atoms with Gasteiger partial charge in [-0.05, 0) is 26.0 Å². The molecule has 0 saturated heterocycles. The fraction of sp³-hybridized carbons (Fsp3) is 0.400. The highest BCUT2D eigenvalue weighted by Gasteiger charge is 2.22. The largest absolute Gasteiger partial charge is 0.507 e. The molecule has 1 aromatic carbocycles. The maximum absolute atomic E-state index is 11.8. The second-order valence-electron chi connectivity index (χ2n) is 4.50. The van der Waals surface area contributed by atoms with E-state index in [-0.39, 0.29) is 10.6 Å². The van der Waals surface area contributed by atoms with Gasteiger partial charge in [-0.25, -0.2) is 4.79 Å². The van der Waals surface area contributed by atoms with Gasteiger partial charge in [0.1, 0.15) is 17.1 Å². The first-order chi connectivity index (χ1) is 9.49. The van der Waals surface area contributed by atoms with Gasteiger partial charge in [0, 0.05) is 16.8 Å². The van der Waals surface area contributed by atoms with Crippen LogP contribution in [0.15, 0.2) is 16.5 Å². The Kier molecular flexibility index (Phi) is 4.38. The summed E-state index contributed by atoms with van der Waals surface area (Å²) in [6.45, 7) is 5.99. The van der Waals surface area contributed by atoms with Crippen LogP contribution in [0.1, 0.15) is 47.3 Å². The van der Waals surface area contributed by atoms with E-state index in [1.807, 2.05) is 13.8 Å². The third-order valence-corrected chi connectivity index (χ3v) is 3.57. The zero-order valence-electron chi connectivity index (χ0n) is 11.7. The summed E-state index contributed by atoms with van der Waals surface area (Å²) >= 11 is 3.52. The van der Waals surface area contributed by atoms with Crippen LogP contribution in [0.2, 0.25) is 0 Å². The number of hydrogen-bond acceptors (Lipinski definition) is 4. The van der Waals surface area contributed by atoms with Crippen molar-refractivity contribution in [3.05, 3.63) is 29.0 Å². The number of aryl methyl sites for hydroxylation is 1. The molecule has 4 nitrogen and oxygen atoms in total. The van der Waals surface area contributed by atoms with Gasteiger partial charge >= 0.3 is 5.97 Å². The number of alkyl halides is 1. The van der Waals surface area contributed by atoms with Crippen molar-refractivity contribution in [1.29, 1.82) is 0 Å². The number of phenols is 1. The predicted octanol–water partition coefficient (Wildman–Crippen LogP) is 4.33. The predicted molar refractivity (Wildman–Crippen MR) is 80.6 cm³/mol. The molecule has 1 atom stereocenters. The molecular weight excluding hydrogens is 324 g/mol. The lowest BCUT2D eigenvalue weighted by molar-refractivity contribution is 0.0526. The summed E-state index contributed by atoms with van der Waals surface area (Å²) in [4.78, 5) is 11.8. The molecule has 0 bridgehead atoms. The van der Waals surface area contributed by atoms with Gasteiger partial charge in [-0.2, -0.15) is 0 Å². The molecule has 2 rings (SSSR count). The van der Waals surface area contributed by atoms with Crippen molar-refractivity contribution in [3.8, 4) is 5.75 Å². The zero-order valence-corrected chi connectivity index (χ0v) is 13.3. The smallest absolute Gasteiger partial charge is 0.338 e. The highest BCUT2D eigenvalue weighted by atomic mass is 79.9. The van der Waals surface area contributed by atoms with Gasteiger partial charge in [0.25, 0.3) is 0 Å². The van der Waals surface area contributed by atoms with Crippen LogP contribution < -0.4 is 0 Å². The average molecular weight is 341 g/mol.